The highest BCUT2D eigenvalue weighted by Crippen LogP contribution is 2.28. The van der Waals surface area contributed by atoms with Gasteiger partial charge < -0.3 is 10.6 Å². The van der Waals surface area contributed by atoms with Crippen LogP contribution >= 0.6 is 28.3 Å². The molecule has 3 rings (SSSR count). The maximum Gasteiger partial charge on any atom is 0.253 e. The first-order chi connectivity index (χ1) is 10.6. The smallest absolute Gasteiger partial charge is 0.253 e. The number of carbonyl (C=O) groups excluding carboxylic acids is 1. The van der Waals surface area contributed by atoms with E-state index in [0.717, 1.165) is 10.0 Å². The number of hydrogen-bond acceptors (Lipinski definition) is 2. The fourth-order valence-corrected chi connectivity index (χ4v) is 3.33. The van der Waals surface area contributed by atoms with Crippen LogP contribution in [0.3, 0.4) is 0 Å². The minimum absolute atomic E-state index is 0. The van der Waals surface area contributed by atoms with Crippen molar-refractivity contribution in [3.05, 3.63) is 69.7 Å². The van der Waals surface area contributed by atoms with Crippen LogP contribution in [-0.4, -0.2) is 29.9 Å². The Hall–Kier alpha value is -1.36. The Kier molecular flexibility index (Phi) is 5.84. The molecule has 122 valence electrons. The van der Waals surface area contributed by atoms with Crippen molar-refractivity contribution in [2.45, 2.75) is 18.9 Å². The average molecular weight is 396 g/mol. The van der Waals surface area contributed by atoms with E-state index in [1.54, 1.807) is 0 Å². The second kappa shape index (κ2) is 7.47. The fourth-order valence-electron chi connectivity index (χ4n) is 2.96. The summed E-state index contributed by atoms with van der Waals surface area (Å²) >= 11 is 3.49. The number of benzene rings is 2. The molecule has 1 saturated heterocycles. The molecule has 0 aliphatic carbocycles. The molecule has 3 nitrogen and oxygen atoms in total. The molecule has 1 aliphatic heterocycles. The number of nitrogens with zero attached hydrogens (tertiary/aromatic N) is 1. The standard InChI is InChI=1S/C18H19BrN2O.ClH/c1-12-7-8-14(9-16(12)19)18(22)21-10-15(17(20)11-21)13-5-3-2-4-6-13;/h2-9,15,17H,10-11,20H2,1H3;1H/t15-,17+;/m0./s1. The van der Waals surface area contributed by atoms with Gasteiger partial charge in [-0.15, -0.1) is 12.4 Å². The van der Waals surface area contributed by atoms with Crippen LogP contribution in [-0.2, 0) is 0 Å². The number of hydrogen-bond donors (Lipinski definition) is 1. The van der Waals surface area contributed by atoms with Gasteiger partial charge in [-0.3, -0.25) is 4.79 Å². The van der Waals surface area contributed by atoms with Crippen LogP contribution in [0.2, 0.25) is 0 Å². The van der Waals surface area contributed by atoms with E-state index in [4.69, 9.17) is 5.73 Å². The first-order valence-corrected chi connectivity index (χ1v) is 8.21. The molecule has 0 aromatic heterocycles. The first kappa shape index (κ1) is 18.0. The Morgan fingerprint density at radius 2 is 1.87 bits per heavy atom. The average Bonchev–Trinajstić information content (AvgIpc) is 2.92. The van der Waals surface area contributed by atoms with Gasteiger partial charge in [-0.2, -0.15) is 0 Å². The topological polar surface area (TPSA) is 46.3 Å². The molecule has 2 aromatic rings. The van der Waals surface area contributed by atoms with E-state index < -0.39 is 0 Å². The lowest BCUT2D eigenvalue weighted by Gasteiger charge is -2.17. The molecule has 0 bridgehead atoms. The van der Waals surface area contributed by atoms with E-state index in [1.807, 2.05) is 48.2 Å². The molecule has 1 fully saturated rings. The lowest BCUT2D eigenvalue weighted by molar-refractivity contribution is 0.0789. The van der Waals surface area contributed by atoms with E-state index in [-0.39, 0.29) is 30.3 Å². The third-order valence-electron chi connectivity index (χ3n) is 4.30. The van der Waals surface area contributed by atoms with Gasteiger partial charge in [0, 0.05) is 35.1 Å². The van der Waals surface area contributed by atoms with Gasteiger partial charge in [0.25, 0.3) is 5.91 Å². The molecular formula is C18H20BrClN2O. The number of rotatable bonds is 2. The minimum Gasteiger partial charge on any atom is -0.336 e. The van der Waals surface area contributed by atoms with Crippen LogP contribution in [0, 0.1) is 6.92 Å². The summed E-state index contributed by atoms with van der Waals surface area (Å²) in [5.74, 6) is 0.258. The van der Waals surface area contributed by atoms with Crippen LogP contribution in [0.25, 0.3) is 0 Å². The van der Waals surface area contributed by atoms with Gasteiger partial charge in [-0.25, -0.2) is 0 Å². The fraction of sp³-hybridized carbons (Fsp3) is 0.278. The molecule has 5 heteroatoms. The predicted octanol–water partition coefficient (Wildman–Crippen LogP) is 3.75. The van der Waals surface area contributed by atoms with E-state index in [9.17, 15) is 4.79 Å². The molecule has 1 heterocycles. The van der Waals surface area contributed by atoms with Crippen LogP contribution in [0.4, 0.5) is 0 Å². The van der Waals surface area contributed by atoms with Gasteiger partial charge in [0.2, 0.25) is 0 Å². The van der Waals surface area contributed by atoms with Gasteiger partial charge in [0.05, 0.1) is 0 Å². The summed E-state index contributed by atoms with van der Waals surface area (Å²) in [4.78, 5) is 14.5. The molecule has 23 heavy (non-hydrogen) atoms. The van der Waals surface area contributed by atoms with Crippen LogP contribution < -0.4 is 5.73 Å². The monoisotopic (exact) mass is 394 g/mol. The number of aryl methyl sites for hydroxylation is 1. The summed E-state index contributed by atoms with van der Waals surface area (Å²) < 4.78 is 0.960. The van der Waals surface area contributed by atoms with Crippen LogP contribution in [0.1, 0.15) is 27.4 Å². The highest BCUT2D eigenvalue weighted by molar-refractivity contribution is 9.10. The molecule has 2 atom stereocenters. The summed E-state index contributed by atoms with van der Waals surface area (Å²) in [7, 11) is 0. The zero-order valence-electron chi connectivity index (χ0n) is 12.9. The Morgan fingerprint density at radius 1 is 1.17 bits per heavy atom. The number of halogens is 2. The van der Waals surface area contributed by atoms with Crippen molar-refractivity contribution in [3.8, 4) is 0 Å². The molecule has 0 radical (unpaired) electrons. The molecule has 2 aromatic carbocycles. The zero-order chi connectivity index (χ0) is 15.7. The van der Waals surface area contributed by atoms with Gasteiger partial charge in [0.15, 0.2) is 0 Å². The maximum atomic E-state index is 12.7. The molecule has 0 spiro atoms. The van der Waals surface area contributed by atoms with Crippen molar-refractivity contribution in [3.63, 3.8) is 0 Å². The normalized spacial score (nSPS) is 20.2. The van der Waals surface area contributed by atoms with Gasteiger partial charge in [-0.1, -0.05) is 52.3 Å². The van der Waals surface area contributed by atoms with E-state index in [1.165, 1.54) is 5.56 Å². The second-order valence-electron chi connectivity index (χ2n) is 5.86. The van der Waals surface area contributed by atoms with E-state index in [0.29, 0.717) is 18.7 Å². The van der Waals surface area contributed by atoms with Crippen molar-refractivity contribution >= 4 is 34.2 Å². The van der Waals surface area contributed by atoms with Gasteiger partial charge >= 0.3 is 0 Å². The maximum absolute atomic E-state index is 12.7. The Bertz CT molecular complexity index is 693. The van der Waals surface area contributed by atoms with Crippen molar-refractivity contribution < 1.29 is 4.79 Å². The molecule has 1 amide bonds. The van der Waals surface area contributed by atoms with Gasteiger partial charge in [-0.05, 0) is 30.2 Å². The number of amides is 1. The second-order valence-corrected chi connectivity index (χ2v) is 6.71. The Balaban J connectivity index is 0.00000192. The van der Waals surface area contributed by atoms with Crippen molar-refractivity contribution in [2.75, 3.05) is 13.1 Å². The lowest BCUT2D eigenvalue weighted by atomic mass is 9.95. The summed E-state index contributed by atoms with van der Waals surface area (Å²) in [6.07, 6.45) is 0. The van der Waals surface area contributed by atoms with E-state index in [2.05, 4.69) is 28.1 Å². The zero-order valence-corrected chi connectivity index (χ0v) is 15.3. The summed E-state index contributed by atoms with van der Waals surface area (Å²) in [6, 6.07) is 15.9. The number of carbonyl (C=O) groups is 1. The quantitative estimate of drug-likeness (QED) is 0.842. The first-order valence-electron chi connectivity index (χ1n) is 7.42. The predicted molar refractivity (Wildman–Crippen MR) is 99.2 cm³/mol. The Morgan fingerprint density at radius 3 is 2.52 bits per heavy atom. The van der Waals surface area contributed by atoms with Crippen molar-refractivity contribution in [1.29, 1.82) is 0 Å². The minimum atomic E-state index is -0.0137. The summed E-state index contributed by atoms with van der Waals surface area (Å²) in [5.41, 5.74) is 9.30. The van der Waals surface area contributed by atoms with Crippen LogP contribution in [0.15, 0.2) is 53.0 Å². The third kappa shape index (κ3) is 3.77. The van der Waals surface area contributed by atoms with Crippen molar-refractivity contribution in [2.24, 2.45) is 5.73 Å². The number of nitrogens with two attached hydrogens (primary N) is 1. The largest absolute Gasteiger partial charge is 0.336 e. The van der Waals surface area contributed by atoms with Crippen molar-refractivity contribution in [1.82, 2.24) is 4.90 Å². The SMILES string of the molecule is Cc1ccc(C(=O)N2C[C@@H](N)[C@H](c3ccccc3)C2)cc1Br.Cl. The van der Waals surface area contributed by atoms with Gasteiger partial charge in [0.1, 0.15) is 0 Å². The highest BCUT2D eigenvalue weighted by Gasteiger charge is 2.34. The third-order valence-corrected chi connectivity index (χ3v) is 5.15. The number of likely N-dealkylation sites (tertiary alicyclic amines) is 1. The van der Waals surface area contributed by atoms with Crippen LogP contribution in [0.5, 0.6) is 0 Å². The molecule has 1 aliphatic rings. The van der Waals surface area contributed by atoms with E-state index >= 15 is 0 Å². The summed E-state index contributed by atoms with van der Waals surface area (Å²) in [5, 5.41) is 0. The summed E-state index contributed by atoms with van der Waals surface area (Å²) in [6.45, 7) is 3.29. The molecule has 2 N–H and O–H groups in total. The molecular weight excluding hydrogens is 376 g/mol. The highest BCUT2D eigenvalue weighted by atomic mass is 79.9. The lowest BCUT2D eigenvalue weighted by Crippen LogP contribution is -2.32. The molecule has 0 unspecified atom stereocenters. The Labute approximate surface area is 151 Å². The molecule has 0 saturated carbocycles.